The number of rotatable bonds is 3. The summed E-state index contributed by atoms with van der Waals surface area (Å²) in [7, 11) is 0. The lowest BCUT2D eigenvalue weighted by atomic mass is 10.1. The smallest absolute Gasteiger partial charge is 0.345 e. The Bertz CT molecular complexity index is 1210. The number of nitrogens with zero attached hydrogens (tertiary/aromatic N) is 2. The molecule has 0 saturated heterocycles. The molecule has 0 bridgehead atoms. The number of hydrogen-bond acceptors (Lipinski definition) is 5. The maximum atomic E-state index is 13.0. The molecule has 0 spiro atoms. The minimum absolute atomic E-state index is 0.161. The fraction of sp³-hybridized carbons (Fsp3) is 0.0952. The number of hydrogen-bond donors (Lipinski definition) is 0. The van der Waals surface area contributed by atoms with Crippen molar-refractivity contribution < 1.29 is 8.81 Å². The first-order valence-corrected chi connectivity index (χ1v) is 9.30. The van der Waals surface area contributed by atoms with Gasteiger partial charge in [-0.2, -0.15) is 0 Å². The quantitative estimate of drug-likeness (QED) is 0.635. The molecule has 2 aromatic carbocycles. The fourth-order valence-corrected chi connectivity index (χ4v) is 4.20. The minimum Gasteiger partial charge on any atom is -0.422 e. The number of halogens is 1. The van der Waals surface area contributed by atoms with Crippen molar-refractivity contribution in [2.45, 2.75) is 12.5 Å². The second kappa shape index (κ2) is 6.32. The molecule has 4 nitrogen and oxygen atoms in total. The van der Waals surface area contributed by atoms with E-state index in [1.54, 1.807) is 18.2 Å². The monoisotopic (exact) mass is 376 g/mol. The van der Waals surface area contributed by atoms with E-state index >= 15 is 0 Å². The summed E-state index contributed by atoms with van der Waals surface area (Å²) in [6, 6.07) is 15.5. The standard InChI is InChI=1S/C21H13FN2O2S/c22-14-7-5-12(6-8-14)9-19-23-17-11-16(24-20(17)27-19)15-10-13-3-1-2-4-18(13)26-21(15)25/h1-8,10-11,17H,9H2. The van der Waals surface area contributed by atoms with E-state index in [4.69, 9.17) is 4.42 Å². The molecule has 0 fully saturated rings. The maximum Gasteiger partial charge on any atom is 0.345 e. The summed E-state index contributed by atoms with van der Waals surface area (Å²) in [5.41, 5.74) is 2.22. The van der Waals surface area contributed by atoms with Gasteiger partial charge in [0.2, 0.25) is 0 Å². The lowest BCUT2D eigenvalue weighted by molar-refractivity contribution is 0.558. The zero-order chi connectivity index (χ0) is 18.4. The average Bonchev–Trinajstić information content (AvgIpc) is 3.21. The Kier molecular flexibility index (Phi) is 3.79. The first-order valence-electron chi connectivity index (χ1n) is 8.48. The van der Waals surface area contributed by atoms with Gasteiger partial charge in [-0.05, 0) is 35.9 Å². The van der Waals surface area contributed by atoms with Crippen LogP contribution in [0.1, 0.15) is 11.1 Å². The van der Waals surface area contributed by atoms with Gasteiger partial charge in [-0.25, -0.2) is 14.2 Å². The van der Waals surface area contributed by atoms with Gasteiger partial charge in [-0.1, -0.05) is 42.1 Å². The summed E-state index contributed by atoms with van der Waals surface area (Å²) in [5, 5.41) is 2.65. The van der Waals surface area contributed by atoms with Crippen LogP contribution in [0.15, 0.2) is 79.9 Å². The predicted molar refractivity (Wildman–Crippen MR) is 107 cm³/mol. The highest BCUT2D eigenvalue weighted by Crippen LogP contribution is 2.34. The molecule has 5 rings (SSSR count). The highest BCUT2D eigenvalue weighted by molar-refractivity contribution is 8.27. The molecule has 0 N–H and O–H groups in total. The van der Waals surface area contributed by atoms with E-state index in [0.29, 0.717) is 23.3 Å². The minimum atomic E-state index is -0.398. The molecule has 132 valence electrons. The third-order valence-corrected chi connectivity index (χ3v) is 5.52. The van der Waals surface area contributed by atoms with Crippen LogP contribution in [-0.4, -0.2) is 16.1 Å². The topological polar surface area (TPSA) is 54.9 Å². The molecule has 1 aromatic heterocycles. The second-order valence-corrected chi connectivity index (χ2v) is 7.45. The molecule has 3 aromatic rings. The molecule has 1 atom stereocenters. The number of aliphatic imine (C=N–C) groups is 2. The Morgan fingerprint density at radius 2 is 1.93 bits per heavy atom. The fourth-order valence-electron chi connectivity index (χ4n) is 3.17. The SMILES string of the molecule is O=c1oc2ccccc2cc1C1=CC2N=C(Cc3ccc(F)cc3)SC2=N1. The lowest BCUT2D eigenvalue weighted by Crippen LogP contribution is -2.05. The van der Waals surface area contributed by atoms with E-state index in [9.17, 15) is 9.18 Å². The zero-order valence-corrected chi connectivity index (χ0v) is 14.9. The summed E-state index contributed by atoms with van der Waals surface area (Å²) in [5.74, 6) is -0.247. The van der Waals surface area contributed by atoms with Gasteiger partial charge in [-0.3, -0.25) is 4.99 Å². The van der Waals surface area contributed by atoms with Crippen molar-refractivity contribution in [1.29, 1.82) is 0 Å². The van der Waals surface area contributed by atoms with Crippen molar-refractivity contribution in [1.82, 2.24) is 0 Å². The number of para-hydroxylation sites is 1. The molecule has 0 saturated carbocycles. The van der Waals surface area contributed by atoms with Gasteiger partial charge >= 0.3 is 5.63 Å². The summed E-state index contributed by atoms with van der Waals surface area (Å²) >= 11 is 1.51. The van der Waals surface area contributed by atoms with E-state index < -0.39 is 5.63 Å². The Hall–Kier alpha value is -2.99. The first kappa shape index (κ1) is 16.2. The Morgan fingerprint density at radius 3 is 2.74 bits per heavy atom. The van der Waals surface area contributed by atoms with Crippen molar-refractivity contribution in [3.05, 3.63) is 88.0 Å². The highest BCUT2D eigenvalue weighted by Gasteiger charge is 2.30. The van der Waals surface area contributed by atoms with E-state index in [-0.39, 0.29) is 11.9 Å². The maximum absolute atomic E-state index is 13.0. The third kappa shape index (κ3) is 3.02. The molecule has 27 heavy (non-hydrogen) atoms. The Labute approximate surface area is 158 Å². The van der Waals surface area contributed by atoms with Gasteiger partial charge in [0.25, 0.3) is 0 Å². The number of fused-ring (bicyclic) bond motifs is 2. The molecule has 2 aliphatic heterocycles. The number of benzene rings is 2. The van der Waals surface area contributed by atoms with Crippen molar-refractivity contribution in [3.63, 3.8) is 0 Å². The molecule has 3 heterocycles. The summed E-state index contributed by atoms with van der Waals surface area (Å²) in [6.07, 6.45) is 2.53. The van der Waals surface area contributed by atoms with Crippen LogP contribution in [0.4, 0.5) is 4.39 Å². The normalized spacial score (nSPS) is 18.3. The predicted octanol–water partition coefficient (Wildman–Crippen LogP) is 4.44. The van der Waals surface area contributed by atoms with E-state index in [1.165, 1.54) is 23.9 Å². The number of thioether (sulfide) groups is 1. The molecule has 0 aliphatic carbocycles. The zero-order valence-electron chi connectivity index (χ0n) is 14.1. The van der Waals surface area contributed by atoms with Crippen LogP contribution >= 0.6 is 11.8 Å². The molecular weight excluding hydrogens is 363 g/mol. The van der Waals surface area contributed by atoms with Gasteiger partial charge < -0.3 is 4.42 Å². The van der Waals surface area contributed by atoms with Crippen LogP contribution in [0.2, 0.25) is 0 Å². The van der Waals surface area contributed by atoms with Crippen LogP contribution < -0.4 is 5.63 Å². The summed E-state index contributed by atoms with van der Waals surface area (Å²) in [4.78, 5) is 21.6. The van der Waals surface area contributed by atoms with E-state index in [2.05, 4.69) is 9.98 Å². The average molecular weight is 376 g/mol. The van der Waals surface area contributed by atoms with Crippen LogP contribution in [-0.2, 0) is 6.42 Å². The van der Waals surface area contributed by atoms with Gasteiger partial charge in [0.15, 0.2) is 0 Å². The Balaban J connectivity index is 1.42. The summed E-state index contributed by atoms with van der Waals surface area (Å²) in [6.45, 7) is 0. The van der Waals surface area contributed by atoms with Crippen molar-refractivity contribution in [2.75, 3.05) is 0 Å². The lowest BCUT2D eigenvalue weighted by Gasteiger charge is -2.02. The van der Waals surface area contributed by atoms with Gasteiger partial charge in [0.1, 0.15) is 22.5 Å². The molecule has 1 unspecified atom stereocenters. The van der Waals surface area contributed by atoms with Crippen molar-refractivity contribution in [3.8, 4) is 0 Å². The largest absolute Gasteiger partial charge is 0.422 e. The third-order valence-electron chi connectivity index (χ3n) is 4.49. The van der Waals surface area contributed by atoms with Crippen LogP contribution in [0.5, 0.6) is 0 Å². The van der Waals surface area contributed by atoms with Crippen molar-refractivity contribution >= 4 is 38.5 Å². The molecular formula is C21H13FN2O2S. The van der Waals surface area contributed by atoms with Gasteiger partial charge in [0, 0.05) is 11.8 Å². The first-order chi connectivity index (χ1) is 13.2. The van der Waals surface area contributed by atoms with E-state index in [0.717, 1.165) is 21.0 Å². The molecule has 2 aliphatic rings. The second-order valence-electron chi connectivity index (χ2n) is 6.36. The Morgan fingerprint density at radius 1 is 1.11 bits per heavy atom. The van der Waals surface area contributed by atoms with Crippen LogP contribution in [0.25, 0.3) is 16.7 Å². The van der Waals surface area contributed by atoms with Gasteiger partial charge in [0.05, 0.1) is 16.3 Å². The van der Waals surface area contributed by atoms with E-state index in [1.807, 2.05) is 30.3 Å². The molecule has 0 radical (unpaired) electrons. The summed E-state index contributed by atoms with van der Waals surface area (Å²) < 4.78 is 18.4. The highest BCUT2D eigenvalue weighted by atomic mass is 32.2. The van der Waals surface area contributed by atoms with Crippen molar-refractivity contribution in [2.24, 2.45) is 9.98 Å². The molecule has 6 heteroatoms. The molecule has 0 amide bonds. The van der Waals surface area contributed by atoms with Crippen LogP contribution in [0.3, 0.4) is 0 Å². The van der Waals surface area contributed by atoms with Crippen LogP contribution in [0, 0.1) is 5.82 Å². The van der Waals surface area contributed by atoms with Gasteiger partial charge in [-0.15, -0.1) is 0 Å².